The third-order valence-electron chi connectivity index (χ3n) is 5.00. The van der Waals surface area contributed by atoms with Crippen molar-refractivity contribution in [3.05, 3.63) is 41.5 Å². The molecule has 0 saturated heterocycles. The summed E-state index contributed by atoms with van der Waals surface area (Å²) in [5, 5.41) is 12.1. The highest BCUT2D eigenvalue weighted by Gasteiger charge is 2.24. The molecule has 1 N–H and O–H groups in total. The predicted octanol–water partition coefficient (Wildman–Crippen LogP) is 3.92. The van der Waals surface area contributed by atoms with Crippen LogP contribution >= 0.6 is 0 Å². The number of aldehydes is 1. The van der Waals surface area contributed by atoms with Gasteiger partial charge in [-0.1, -0.05) is 6.07 Å². The van der Waals surface area contributed by atoms with Gasteiger partial charge in [0.1, 0.15) is 5.75 Å². The maximum Gasteiger partial charge on any atom is 0.231 e. The topological polar surface area (TPSA) is 83.5 Å². The van der Waals surface area contributed by atoms with E-state index in [1.807, 2.05) is 12.1 Å². The minimum atomic E-state index is -0.0330. The Hall–Kier alpha value is -3.45. The number of rotatable bonds is 6. The first-order valence-electron chi connectivity index (χ1n) is 8.90. The Morgan fingerprint density at radius 1 is 1.00 bits per heavy atom. The van der Waals surface area contributed by atoms with Crippen molar-refractivity contribution in [2.45, 2.75) is 6.61 Å². The number of phenols is 1. The van der Waals surface area contributed by atoms with Crippen LogP contribution in [0.5, 0.6) is 28.7 Å². The fourth-order valence-electron chi connectivity index (χ4n) is 3.65. The second kappa shape index (κ2) is 7.52. The number of methoxy groups -OCH3 is 3. The summed E-state index contributed by atoms with van der Waals surface area (Å²) in [6, 6.07) is 8.89. The predicted molar refractivity (Wildman–Crippen MR) is 106 cm³/mol. The van der Waals surface area contributed by atoms with E-state index in [1.54, 1.807) is 18.2 Å². The van der Waals surface area contributed by atoms with Crippen LogP contribution < -0.4 is 18.9 Å². The highest BCUT2D eigenvalue weighted by molar-refractivity contribution is 6.09. The Bertz CT molecular complexity index is 1100. The van der Waals surface area contributed by atoms with E-state index in [-0.39, 0.29) is 19.1 Å². The third-order valence-corrected chi connectivity index (χ3v) is 5.00. The molecule has 0 atom stereocenters. The lowest BCUT2D eigenvalue weighted by atomic mass is 9.89. The summed E-state index contributed by atoms with van der Waals surface area (Å²) in [4.78, 5) is 12.1. The molecule has 1 heterocycles. The minimum absolute atomic E-state index is 0.0330. The van der Waals surface area contributed by atoms with Crippen LogP contribution in [0.2, 0.25) is 0 Å². The molecule has 0 bridgehead atoms. The van der Waals surface area contributed by atoms with E-state index in [4.69, 9.17) is 23.7 Å². The molecule has 7 nitrogen and oxygen atoms in total. The van der Waals surface area contributed by atoms with Gasteiger partial charge in [0.05, 0.1) is 20.8 Å². The quantitative estimate of drug-likeness (QED) is 0.632. The molecule has 4 rings (SSSR count). The maximum absolute atomic E-state index is 12.1. The van der Waals surface area contributed by atoms with Gasteiger partial charge in [-0.25, -0.2) is 0 Å². The summed E-state index contributed by atoms with van der Waals surface area (Å²) in [5.41, 5.74) is 2.11. The van der Waals surface area contributed by atoms with Crippen molar-refractivity contribution in [3.63, 3.8) is 0 Å². The van der Waals surface area contributed by atoms with Crippen LogP contribution in [0.25, 0.3) is 21.9 Å². The lowest BCUT2D eigenvalue weighted by molar-refractivity contribution is 0.111. The average molecular weight is 396 g/mol. The molecule has 7 heteroatoms. The Kier molecular flexibility index (Phi) is 4.90. The van der Waals surface area contributed by atoms with E-state index in [0.717, 1.165) is 11.8 Å². The van der Waals surface area contributed by atoms with E-state index < -0.39 is 0 Å². The number of carbonyl (C=O) groups excluding carboxylic acids is 1. The first kappa shape index (κ1) is 18.9. The number of aromatic hydroxyl groups is 1. The molecular weight excluding hydrogens is 376 g/mol. The molecule has 0 spiro atoms. The molecule has 0 amide bonds. The second-order valence-corrected chi connectivity index (χ2v) is 6.49. The lowest BCUT2D eigenvalue weighted by Gasteiger charge is -2.19. The summed E-state index contributed by atoms with van der Waals surface area (Å²) < 4.78 is 27.0. The monoisotopic (exact) mass is 396 g/mol. The van der Waals surface area contributed by atoms with Crippen molar-refractivity contribution in [2.75, 3.05) is 28.1 Å². The van der Waals surface area contributed by atoms with Crippen molar-refractivity contribution in [1.82, 2.24) is 0 Å². The molecule has 1 aliphatic heterocycles. The molecule has 0 unspecified atom stereocenters. The fraction of sp³-hybridized carbons (Fsp3) is 0.227. The van der Waals surface area contributed by atoms with Crippen LogP contribution in [-0.4, -0.2) is 39.5 Å². The van der Waals surface area contributed by atoms with Crippen molar-refractivity contribution < 1.29 is 33.6 Å². The summed E-state index contributed by atoms with van der Waals surface area (Å²) in [6.45, 7) is 0.220. The molecule has 0 fully saturated rings. The number of hydrogen-bond acceptors (Lipinski definition) is 7. The first-order chi connectivity index (χ1) is 14.1. The van der Waals surface area contributed by atoms with Crippen LogP contribution in [0.15, 0.2) is 30.3 Å². The van der Waals surface area contributed by atoms with Gasteiger partial charge < -0.3 is 28.8 Å². The highest BCUT2D eigenvalue weighted by atomic mass is 16.7. The number of benzene rings is 3. The summed E-state index contributed by atoms with van der Waals surface area (Å²) in [6.07, 6.45) is 0.726. The Labute approximate surface area is 167 Å². The van der Waals surface area contributed by atoms with Gasteiger partial charge in [-0.05, 0) is 35.2 Å². The van der Waals surface area contributed by atoms with Gasteiger partial charge in [0.25, 0.3) is 0 Å². The highest BCUT2D eigenvalue weighted by Crippen LogP contribution is 2.46. The molecular formula is C22H20O7. The van der Waals surface area contributed by atoms with E-state index in [0.29, 0.717) is 50.5 Å². The van der Waals surface area contributed by atoms with Crippen LogP contribution in [0, 0.1) is 0 Å². The Morgan fingerprint density at radius 3 is 2.34 bits per heavy atom. The number of ether oxygens (including phenoxy) is 5. The van der Waals surface area contributed by atoms with Gasteiger partial charge in [-0.15, -0.1) is 0 Å². The first-order valence-corrected chi connectivity index (χ1v) is 8.90. The van der Waals surface area contributed by atoms with E-state index >= 15 is 0 Å². The molecule has 0 aliphatic carbocycles. The van der Waals surface area contributed by atoms with E-state index in [9.17, 15) is 9.90 Å². The molecule has 0 aromatic heterocycles. The van der Waals surface area contributed by atoms with Gasteiger partial charge in [0, 0.05) is 29.2 Å². The SMILES string of the molecule is COCc1c(C=O)c(-c2ccc3c(c2)OCO3)c2cc(OC)c(OC)cc2c1O. The number of hydrogen-bond donors (Lipinski definition) is 1. The average Bonchev–Trinajstić information content (AvgIpc) is 3.22. The zero-order chi connectivity index (χ0) is 20.5. The largest absolute Gasteiger partial charge is 0.507 e. The third kappa shape index (κ3) is 3.00. The van der Waals surface area contributed by atoms with Crippen LogP contribution in [0.4, 0.5) is 0 Å². The fourth-order valence-corrected chi connectivity index (χ4v) is 3.65. The molecule has 3 aromatic carbocycles. The molecule has 29 heavy (non-hydrogen) atoms. The van der Waals surface area contributed by atoms with Gasteiger partial charge in [-0.3, -0.25) is 4.79 Å². The van der Waals surface area contributed by atoms with Crippen LogP contribution in [0.1, 0.15) is 15.9 Å². The van der Waals surface area contributed by atoms with Crippen LogP contribution in [0.3, 0.4) is 0 Å². The summed E-state index contributed by atoms with van der Waals surface area (Å²) in [7, 11) is 4.56. The zero-order valence-corrected chi connectivity index (χ0v) is 16.3. The van der Waals surface area contributed by atoms with Gasteiger partial charge in [-0.2, -0.15) is 0 Å². The number of phenolic OH excluding ortho intramolecular Hbond substituents is 1. The van der Waals surface area contributed by atoms with Gasteiger partial charge in [0.2, 0.25) is 6.79 Å². The second-order valence-electron chi connectivity index (χ2n) is 6.49. The smallest absolute Gasteiger partial charge is 0.231 e. The standard InChI is InChI=1S/C22H20O7/c1-25-10-16-15(9-23)21(12-4-5-17-20(6-12)29-11-28-17)13-7-18(26-2)19(27-3)8-14(13)22(16)24/h4-9,24H,10-11H2,1-3H3. The molecule has 3 aromatic rings. The molecule has 0 radical (unpaired) electrons. The van der Waals surface area contributed by atoms with E-state index in [1.165, 1.54) is 21.3 Å². The number of fused-ring (bicyclic) bond motifs is 2. The molecule has 150 valence electrons. The Morgan fingerprint density at radius 2 is 1.69 bits per heavy atom. The zero-order valence-electron chi connectivity index (χ0n) is 16.3. The van der Waals surface area contributed by atoms with Crippen molar-refractivity contribution in [3.8, 4) is 39.9 Å². The van der Waals surface area contributed by atoms with Crippen LogP contribution in [-0.2, 0) is 11.3 Å². The maximum atomic E-state index is 12.1. The van der Waals surface area contributed by atoms with Gasteiger partial charge in [0.15, 0.2) is 29.3 Å². The molecule has 1 aliphatic rings. The molecule has 0 saturated carbocycles. The van der Waals surface area contributed by atoms with E-state index in [2.05, 4.69) is 0 Å². The lowest BCUT2D eigenvalue weighted by Crippen LogP contribution is -2.01. The number of carbonyl (C=O) groups is 1. The Balaban J connectivity index is 2.12. The normalized spacial score (nSPS) is 12.2. The van der Waals surface area contributed by atoms with Gasteiger partial charge >= 0.3 is 0 Å². The summed E-state index contributed by atoms with van der Waals surface area (Å²) >= 11 is 0. The van der Waals surface area contributed by atoms with Crippen molar-refractivity contribution in [2.24, 2.45) is 0 Å². The minimum Gasteiger partial charge on any atom is -0.507 e. The summed E-state index contributed by atoms with van der Waals surface area (Å²) in [5.74, 6) is 2.15. The van der Waals surface area contributed by atoms with Crippen molar-refractivity contribution in [1.29, 1.82) is 0 Å². The van der Waals surface area contributed by atoms with Crippen molar-refractivity contribution >= 4 is 17.1 Å².